The normalized spacial score (nSPS) is 10.2. The third kappa shape index (κ3) is 2.22. The number of carboxylic acid groups (broad SMARTS) is 1. The van der Waals surface area contributed by atoms with E-state index < -0.39 is 5.97 Å². The molecule has 0 aliphatic heterocycles. The van der Waals surface area contributed by atoms with E-state index in [1.807, 2.05) is 6.92 Å². The van der Waals surface area contributed by atoms with Crippen LogP contribution >= 0.6 is 0 Å². The van der Waals surface area contributed by atoms with Gasteiger partial charge in [0.15, 0.2) is 0 Å². The van der Waals surface area contributed by atoms with Crippen LogP contribution in [0.3, 0.4) is 0 Å². The number of rotatable bonds is 4. The van der Waals surface area contributed by atoms with E-state index in [4.69, 9.17) is 9.84 Å². The Balaban J connectivity index is 2.42. The average molecular weight is 234 g/mol. The standard InChI is InChI=1S/C10H10N4O3/c1-2-17-8-5-3-4-7(6-8)14-9(10(15)16)11-12-13-14/h3-6H,2H2,1H3,(H,15,16). The lowest BCUT2D eigenvalue weighted by Gasteiger charge is -2.05. The Morgan fingerprint density at radius 1 is 1.53 bits per heavy atom. The van der Waals surface area contributed by atoms with Gasteiger partial charge in [0.25, 0.3) is 5.82 Å². The molecule has 0 aliphatic carbocycles. The quantitative estimate of drug-likeness (QED) is 0.839. The van der Waals surface area contributed by atoms with Gasteiger partial charge in [0.1, 0.15) is 5.75 Å². The molecule has 0 radical (unpaired) electrons. The highest BCUT2D eigenvalue weighted by Crippen LogP contribution is 2.16. The van der Waals surface area contributed by atoms with E-state index in [1.54, 1.807) is 24.3 Å². The Morgan fingerprint density at radius 2 is 2.35 bits per heavy atom. The van der Waals surface area contributed by atoms with Crippen LogP contribution in [0.5, 0.6) is 5.75 Å². The number of aromatic nitrogens is 4. The molecule has 0 fully saturated rings. The third-order valence-electron chi connectivity index (χ3n) is 2.03. The van der Waals surface area contributed by atoms with E-state index >= 15 is 0 Å². The summed E-state index contributed by atoms with van der Waals surface area (Å²) in [7, 11) is 0. The first-order valence-electron chi connectivity index (χ1n) is 4.97. The van der Waals surface area contributed by atoms with Gasteiger partial charge in [0, 0.05) is 6.07 Å². The lowest BCUT2D eigenvalue weighted by Crippen LogP contribution is -2.09. The molecule has 2 aromatic rings. The highest BCUT2D eigenvalue weighted by molar-refractivity contribution is 5.83. The van der Waals surface area contributed by atoms with Gasteiger partial charge < -0.3 is 9.84 Å². The van der Waals surface area contributed by atoms with Crippen LogP contribution in [-0.4, -0.2) is 37.9 Å². The van der Waals surface area contributed by atoms with Crippen LogP contribution in [0.1, 0.15) is 17.5 Å². The van der Waals surface area contributed by atoms with Gasteiger partial charge in [0.05, 0.1) is 12.3 Å². The van der Waals surface area contributed by atoms with Crippen LogP contribution in [0.2, 0.25) is 0 Å². The number of benzene rings is 1. The maximum Gasteiger partial charge on any atom is 0.376 e. The predicted molar refractivity (Wildman–Crippen MR) is 57.3 cm³/mol. The topological polar surface area (TPSA) is 90.1 Å². The van der Waals surface area contributed by atoms with E-state index in [1.165, 1.54) is 0 Å². The number of tetrazole rings is 1. The van der Waals surface area contributed by atoms with Crippen molar-refractivity contribution in [2.45, 2.75) is 6.92 Å². The van der Waals surface area contributed by atoms with Crippen LogP contribution in [0.4, 0.5) is 0 Å². The number of hydrogen-bond acceptors (Lipinski definition) is 5. The second kappa shape index (κ2) is 4.60. The lowest BCUT2D eigenvalue weighted by molar-refractivity contribution is 0.0680. The number of carbonyl (C=O) groups is 1. The van der Waals surface area contributed by atoms with Gasteiger partial charge in [-0.3, -0.25) is 0 Å². The zero-order valence-corrected chi connectivity index (χ0v) is 9.07. The molecule has 0 saturated heterocycles. The van der Waals surface area contributed by atoms with E-state index in [9.17, 15) is 4.79 Å². The molecule has 88 valence electrons. The molecule has 0 aliphatic rings. The Kier molecular flexibility index (Phi) is 2.99. The fourth-order valence-corrected chi connectivity index (χ4v) is 1.37. The van der Waals surface area contributed by atoms with Crippen molar-refractivity contribution in [3.8, 4) is 11.4 Å². The van der Waals surface area contributed by atoms with Gasteiger partial charge in [-0.05, 0) is 29.5 Å². The average Bonchev–Trinajstić information content (AvgIpc) is 2.79. The summed E-state index contributed by atoms with van der Waals surface area (Å²) >= 11 is 0. The molecule has 0 amide bonds. The number of nitrogens with zero attached hydrogens (tertiary/aromatic N) is 4. The van der Waals surface area contributed by atoms with Crippen molar-refractivity contribution >= 4 is 5.97 Å². The molecule has 0 atom stereocenters. The fraction of sp³-hybridized carbons (Fsp3) is 0.200. The zero-order chi connectivity index (χ0) is 12.3. The Bertz CT molecular complexity index is 538. The van der Waals surface area contributed by atoms with Crippen molar-refractivity contribution < 1.29 is 14.6 Å². The monoisotopic (exact) mass is 234 g/mol. The van der Waals surface area contributed by atoms with E-state index in [2.05, 4.69) is 15.5 Å². The van der Waals surface area contributed by atoms with Crippen molar-refractivity contribution in [1.29, 1.82) is 0 Å². The SMILES string of the molecule is CCOc1cccc(-n2nnnc2C(=O)O)c1. The molecule has 1 heterocycles. The highest BCUT2D eigenvalue weighted by atomic mass is 16.5. The first-order valence-corrected chi connectivity index (χ1v) is 4.97. The molecule has 1 N–H and O–H groups in total. The maximum atomic E-state index is 10.9. The van der Waals surface area contributed by atoms with Crippen LogP contribution in [-0.2, 0) is 0 Å². The van der Waals surface area contributed by atoms with Crippen molar-refractivity contribution in [1.82, 2.24) is 20.2 Å². The molecule has 0 bridgehead atoms. The molecule has 1 aromatic heterocycles. The van der Waals surface area contributed by atoms with Crippen molar-refractivity contribution in [2.75, 3.05) is 6.61 Å². The zero-order valence-electron chi connectivity index (χ0n) is 9.07. The van der Waals surface area contributed by atoms with Gasteiger partial charge >= 0.3 is 5.97 Å². The van der Waals surface area contributed by atoms with Gasteiger partial charge in [-0.25, -0.2) is 4.79 Å². The van der Waals surface area contributed by atoms with Crippen LogP contribution in [0, 0.1) is 0 Å². The minimum absolute atomic E-state index is 0.237. The van der Waals surface area contributed by atoms with Crippen molar-refractivity contribution in [3.05, 3.63) is 30.1 Å². The van der Waals surface area contributed by atoms with Crippen molar-refractivity contribution in [2.24, 2.45) is 0 Å². The first kappa shape index (κ1) is 11.1. The van der Waals surface area contributed by atoms with Crippen LogP contribution in [0.15, 0.2) is 24.3 Å². The summed E-state index contributed by atoms with van der Waals surface area (Å²) < 4.78 is 6.46. The number of hydrogen-bond donors (Lipinski definition) is 1. The molecule has 0 unspecified atom stereocenters. The molecule has 1 aromatic carbocycles. The second-order valence-corrected chi connectivity index (χ2v) is 3.15. The summed E-state index contributed by atoms with van der Waals surface area (Å²) in [6, 6.07) is 6.89. The first-order chi connectivity index (χ1) is 8.22. The minimum Gasteiger partial charge on any atom is -0.494 e. The highest BCUT2D eigenvalue weighted by Gasteiger charge is 2.15. The summed E-state index contributed by atoms with van der Waals surface area (Å²) in [5.41, 5.74) is 0.540. The molecule has 2 rings (SSSR count). The Morgan fingerprint density at radius 3 is 3.06 bits per heavy atom. The van der Waals surface area contributed by atoms with Crippen molar-refractivity contribution in [3.63, 3.8) is 0 Å². The number of ether oxygens (including phenoxy) is 1. The van der Waals surface area contributed by atoms with Gasteiger partial charge in [0.2, 0.25) is 0 Å². The molecule has 0 spiro atoms. The number of aromatic carboxylic acids is 1. The fourth-order valence-electron chi connectivity index (χ4n) is 1.37. The number of carboxylic acids is 1. The van der Waals surface area contributed by atoms with E-state index in [0.29, 0.717) is 18.0 Å². The van der Waals surface area contributed by atoms with E-state index in [0.717, 1.165) is 4.68 Å². The molecule has 7 nitrogen and oxygen atoms in total. The largest absolute Gasteiger partial charge is 0.494 e. The molecule has 7 heteroatoms. The predicted octanol–water partition coefficient (Wildman–Crippen LogP) is 0.759. The molecule has 17 heavy (non-hydrogen) atoms. The second-order valence-electron chi connectivity index (χ2n) is 3.15. The Labute approximate surface area is 96.6 Å². The lowest BCUT2D eigenvalue weighted by atomic mass is 10.3. The summed E-state index contributed by atoms with van der Waals surface area (Å²) in [6.45, 7) is 2.40. The third-order valence-corrected chi connectivity index (χ3v) is 2.03. The summed E-state index contributed by atoms with van der Waals surface area (Å²) in [6.07, 6.45) is 0. The smallest absolute Gasteiger partial charge is 0.376 e. The minimum atomic E-state index is -1.18. The van der Waals surface area contributed by atoms with Crippen LogP contribution in [0.25, 0.3) is 5.69 Å². The molecule has 0 saturated carbocycles. The van der Waals surface area contributed by atoms with Gasteiger partial charge in [-0.2, -0.15) is 4.68 Å². The summed E-state index contributed by atoms with van der Waals surface area (Å²) in [5, 5.41) is 19.3. The summed E-state index contributed by atoms with van der Waals surface area (Å²) in [5.74, 6) is -0.785. The maximum absolute atomic E-state index is 10.9. The van der Waals surface area contributed by atoms with Gasteiger partial charge in [-0.15, -0.1) is 5.10 Å². The van der Waals surface area contributed by atoms with E-state index in [-0.39, 0.29) is 5.82 Å². The Hall–Kier alpha value is -2.44. The van der Waals surface area contributed by atoms with Crippen LogP contribution < -0.4 is 4.74 Å². The summed E-state index contributed by atoms with van der Waals surface area (Å²) in [4.78, 5) is 10.9. The molecular formula is C10H10N4O3. The van der Waals surface area contributed by atoms with Gasteiger partial charge in [-0.1, -0.05) is 6.07 Å². The molecular weight excluding hydrogens is 224 g/mol.